The first-order valence-corrected chi connectivity index (χ1v) is 6.12. The Bertz CT molecular complexity index is 130. The normalized spacial score (nSPS) is 20.1. The van der Waals surface area contributed by atoms with Crippen LogP contribution in [-0.2, 0) is 4.74 Å². The first-order valence-electron chi connectivity index (χ1n) is 6.12. The molecular weight excluding hydrogens is 174 g/mol. The van der Waals surface area contributed by atoms with Crippen molar-refractivity contribution in [2.24, 2.45) is 11.7 Å². The molecule has 0 heterocycles. The molecule has 0 saturated heterocycles. The fourth-order valence-electron chi connectivity index (χ4n) is 2.10. The molecule has 0 aromatic rings. The summed E-state index contributed by atoms with van der Waals surface area (Å²) in [6.45, 7) is 4.00. The molecule has 2 N–H and O–H groups in total. The van der Waals surface area contributed by atoms with E-state index in [9.17, 15) is 0 Å². The highest BCUT2D eigenvalue weighted by atomic mass is 16.5. The number of ether oxygens (including phenoxy) is 1. The average molecular weight is 199 g/mol. The minimum atomic E-state index is 0.352. The first kappa shape index (κ1) is 12.0. The monoisotopic (exact) mass is 199 g/mol. The van der Waals surface area contributed by atoms with Gasteiger partial charge in [-0.15, -0.1) is 0 Å². The minimum absolute atomic E-state index is 0.352. The van der Waals surface area contributed by atoms with Crippen molar-refractivity contribution in [3.8, 4) is 0 Å². The topological polar surface area (TPSA) is 35.2 Å². The van der Waals surface area contributed by atoms with Gasteiger partial charge in [0.25, 0.3) is 0 Å². The maximum atomic E-state index is 5.67. The highest BCUT2D eigenvalue weighted by molar-refractivity contribution is 4.66. The molecule has 0 amide bonds. The molecule has 14 heavy (non-hydrogen) atoms. The molecule has 1 unspecified atom stereocenters. The second-order valence-corrected chi connectivity index (χ2v) is 4.70. The van der Waals surface area contributed by atoms with Crippen molar-refractivity contribution in [1.82, 2.24) is 0 Å². The highest BCUT2D eigenvalue weighted by Gasteiger charge is 2.14. The molecule has 1 aliphatic carbocycles. The van der Waals surface area contributed by atoms with Gasteiger partial charge in [-0.25, -0.2) is 0 Å². The molecule has 2 heteroatoms. The van der Waals surface area contributed by atoms with E-state index >= 15 is 0 Å². The van der Waals surface area contributed by atoms with Gasteiger partial charge in [0.2, 0.25) is 0 Å². The second-order valence-electron chi connectivity index (χ2n) is 4.70. The third-order valence-corrected chi connectivity index (χ3v) is 3.03. The van der Waals surface area contributed by atoms with Crippen LogP contribution in [0.2, 0.25) is 0 Å². The maximum Gasteiger partial charge on any atom is 0.0494 e. The summed E-state index contributed by atoms with van der Waals surface area (Å²) in [5, 5.41) is 0. The van der Waals surface area contributed by atoms with Crippen molar-refractivity contribution >= 4 is 0 Å². The number of unbranched alkanes of at least 4 members (excludes halogenated alkanes) is 1. The second kappa shape index (κ2) is 7.24. The third kappa shape index (κ3) is 5.61. The van der Waals surface area contributed by atoms with Gasteiger partial charge in [0, 0.05) is 19.3 Å². The fourth-order valence-corrected chi connectivity index (χ4v) is 2.10. The molecule has 1 rings (SSSR count). The van der Waals surface area contributed by atoms with Gasteiger partial charge in [-0.05, 0) is 44.9 Å². The van der Waals surface area contributed by atoms with Gasteiger partial charge in [0.15, 0.2) is 0 Å². The maximum absolute atomic E-state index is 5.67. The van der Waals surface area contributed by atoms with Gasteiger partial charge in [0.05, 0.1) is 0 Å². The van der Waals surface area contributed by atoms with Crippen LogP contribution in [0.25, 0.3) is 0 Å². The molecular formula is C12H25NO. The van der Waals surface area contributed by atoms with E-state index in [0.29, 0.717) is 6.04 Å². The lowest BCUT2D eigenvalue weighted by Gasteiger charge is -2.10. The largest absolute Gasteiger partial charge is 0.381 e. The summed E-state index contributed by atoms with van der Waals surface area (Å²) < 4.78 is 5.66. The standard InChI is InChI=1S/C12H25NO/c1-11(13)6-4-5-9-14-10-12-7-2-3-8-12/h11-12H,2-10,13H2,1H3. The Labute approximate surface area is 88.2 Å². The quantitative estimate of drug-likeness (QED) is 0.640. The van der Waals surface area contributed by atoms with E-state index in [0.717, 1.165) is 25.6 Å². The molecule has 0 radical (unpaired) electrons. The minimum Gasteiger partial charge on any atom is -0.381 e. The number of hydrogen-bond donors (Lipinski definition) is 1. The van der Waals surface area contributed by atoms with Crippen LogP contribution in [0.15, 0.2) is 0 Å². The van der Waals surface area contributed by atoms with Crippen molar-refractivity contribution in [2.75, 3.05) is 13.2 Å². The molecule has 0 bridgehead atoms. The van der Waals surface area contributed by atoms with Gasteiger partial charge < -0.3 is 10.5 Å². The summed E-state index contributed by atoms with van der Waals surface area (Å²) in [5.74, 6) is 0.864. The van der Waals surface area contributed by atoms with Crippen LogP contribution >= 0.6 is 0 Å². The molecule has 1 saturated carbocycles. The van der Waals surface area contributed by atoms with Crippen LogP contribution in [-0.4, -0.2) is 19.3 Å². The first-order chi connectivity index (χ1) is 6.79. The van der Waals surface area contributed by atoms with Crippen LogP contribution in [0, 0.1) is 5.92 Å². The Hall–Kier alpha value is -0.0800. The number of rotatable bonds is 7. The smallest absolute Gasteiger partial charge is 0.0494 e. The lowest BCUT2D eigenvalue weighted by Crippen LogP contribution is -2.14. The van der Waals surface area contributed by atoms with Gasteiger partial charge in [-0.3, -0.25) is 0 Å². The summed E-state index contributed by atoms with van der Waals surface area (Å²) in [6, 6.07) is 0.352. The molecule has 0 aromatic carbocycles. The number of hydrogen-bond acceptors (Lipinski definition) is 2. The van der Waals surface area contributed by atoms with Crippen LogP contribution in [0.4, 0.5) is 0 Å². The zero-order valence-electron chi connectivity index (χ0n) is 9.50. The lowest BCUT2D eigenvalue weighted by atomic mass is 10.1. The summed E-state index contributed by atoms with van der Waals surface area (Å²) in [5.41, 5.74) is 5.67. The summed E-state index contributed by atoms with van der Waals surface area (Å²) in [6.07, 6.45) is 9.13. The van der Waals surface area contributed by atoms with Gasteiger partial charge in [-0.1, -0.05) is 12.8 Å². The Morgan fingerprint density at radius 2 is 2.00 bits per heavy atom. The molecule has 84 valence electrons. The van der Waals surface area contributed by atoms with Crippen molar-refractivity contribution in [3.63, 3.8) is 0 Å². The van der Waals surface area contributed by atoms with Gasteiger partial charge in [-0.2, -0.15) is 0 Å². The van der Waals surface area contributed by atoms with Crippen molar-refractivity contribution < 1.29 is 4.74 Å². The Balaban J connectivity index is 1.79. The van der Waals surface area contributed by atoms with Gasteiger partial charge >= 0.3 is 0 Å². The van der Waals surface area contributed by atoms with E-state index in [1.807, 2.05) is 0 Å². The Kier molecular flexibility index (Phi) is 6.20. The summed E-state index contributed by atoms with van der Waals surface area (Å²) in [4.78, 5) is 0. The molecule has 1 atom stereocenters. The zero-order chi connectivity index (χ0) is 10.2. The van der Waals surface area contributed by atoms with E-state index in [4.69, 9.17) is 10.5 Å². The fraction of sp³-hybridized carbons (Fsp3) is 1.00. The average Bonchev–Trinajstić information content (AvgIpc) is 2.63. The SMILES string of the molecule is CC(N)CCCCOCC1CCCC1. The van der Waals surface area contributed by atoms with Crippen LogP contribution in [0.3, 0.4) is 0 Å². The summed E-state index contributed by atoms with van der Waals surface area (Å²) >= 11 is 0. The predicted molar refractivity (Wildman–Crippen MR) is 60.3 cm³/mol. The molecule has 0 aliphatic heterocycles. The lowest BCUT2D eigenvalue weighted by molar-refractivity contribution is 0.0977. The number of nitrogens with two attached hydrogens (primary N) is 1. The van der Waals surface area contributed by atoms with E-state index in [1.165, 1.54) is 38.5 Å². The van der Waals surface area contributed by atoms with Crippen LogP contribution in [0.1, 0.15) is 51.9 Å². The zero-order valence-corrected chi connectivity index (χ0v) is 9.50. The van der Waals surface area contributed by atoms with E-state index in [2.05, 4.69) is 6.92 Å². The molecule has 1 fully saturated rings. The van der Waals surface area contributed by atoms with E-state index < -0.39 is 0 Å². The third-order valence-electron chi connectivity index (χ3n) is 3.03. The molecule has 1 aliphatic rings. The van der Waals surface area contributed by atoms with Crippen molar-refractivity contribution in [3.05, 3.63) is 0 Å². The van der Waals surface area contributed by atoms with E-state index in [1.54, 1.807) is 0 Å². The molecule has 0 aromatic heterocycles. The predicted octanol–water partition coefficient (Wildman–Crippen LogP) is 2.71. The summed E-state index contributed by atoms with van der Waals surface area (Å²) in [7, 11) is 0. The molecule has 2 nitrogen and oxygen atoms in total. The Morgan fingerprint density at radius 1 is 1.29 bits per heavy atom. The van der Waals surface area contributed by atoms with Crippen molar-refractivity contribution in [2.45, 2.75) is 57.9 Å². The van der Waals surface area contributed by atoms with Crippen LogP contribution < -0.4 is 5.73 Å². The van der Waals surface area contributed by atoms with Crippen LogP contribution in [0.5, 0.6) is 0 Å². The van der Waals surface area contributed by atoms with Gasteiger partial charge in [0.1, 0.15) is 0 Å². The highest BCUT2D eigenvalue weighted by Crippen LogP contribution is 2.24. The van der Waals surface area contributed by atoms with Crippen molar-refractivity contribution in [1.29, 1.82) is 0 Å². The molecule has 0 spiro atoms. The van der Waals surface area contributed by atoms with E-state index in [-0.39, 0.29) is 0 Å². The Morgan fingerprint density at radius 3 is 2.64 bits per heavy atom.